The SMILES string of the molecule is COc1cccc(CN=C2Nc3ccccc3NC23CCC(c2ccccc2)CC3)c1. The van der Waals surface area contributed by atoms with Crippen molar-refractivity contribution in [2.24, 2.45) is 4.99 Å². The van der Waals surface area contributed by atoms with Crippen LogP contribution in [-0.4, -0.2) is 18.5 Å². The van der Waals surface area contributed by atoms with Crippen LogP contribution in [0.3, 0.4) is 0 Å². The van der Waals surface area contributed by atoms with Crippen molar-refractivity contribution in [3.63, 3.8) is 0 Å². The Balaban J connectivity index is 1.42. The second-order valence-corrected chi connectivity index (χ2v) is 8.58. The monoisotopic (exact) mass is 411 g/mol. The van der Waals surface area contributed by atoms with Crippen molar-refractivity contribution in [2.75, 3.05) is 17.7 Å². The van der Waals surface area contributed by atoms with Crippen molar-refractivity contribution in [3.8, 4) is 5.75 Å². The molecule has 0 amide bonds. The van der Waals surface area contributed by atoms with Gasteiger partial charge in [-0.2, -0.15) is 0 Å². The summed E-state index contributed by atoms with van der Waals surface area (Å²) >= 11 is 0. The van der Waals surface area contributed by atoms with Gasteiger partial charge in [0.25, 0.3) is 0 Å². The maximum Gasteiger partial charge on any atom is 0.127 e. The van der Waals surface area contributed by atoms with Crippen LogP contribution in [0.15, 0.2) is 83.9 Å². The van der Waals surface area contributed by atoms with Gasteiger partial charge in [-0.05, 0) is 67.0 Å². The molecule has 0 bridgehead atoms. The van der Waals surface area contributed by atoms with Crippen molar-refractivity contribution in [1.29, 1.82) is 0 Å². The quantitative estimate of drug-likeness (QED) is 0.535. The number of rotatable bonds is 4. The zero-order valence-electron chi connectivity index (χ0n) is 18.0. The number of nitrogens with zero attached hydrogens (tertiary/aromatic N) is 1. The van der Waals surface area contributed by atoms with E-state index >= 15 is 0 Å². The molecule has 0 unspecified atom stereocenters. The first-order valence-electron chi connectivity index (χ1n) is 11.1. The Morgan fingerprint density at radius 1 is 0.903 bits per heavy atom. The second kappa shape index (κ2) is 8.46. The minimum atomic E-state index is -0.140. The van der Waals surface area contributed by atoms with Crippen LogP contribution >= 0.6 is 0 Å². The summed E-state index contributed by atoms with van der Waals surface area (Å²) < 4.78 is 5.38. The van der Waals surface area contributed by atoms with Gasteiger partial charge in [0.15, 0.2) is 0 Å². The zero-order valence-corrected chi connectivity index (χ0v) is 18.0. The molecule has 1 fully saturated rings. The Kier molecular flexibility index (Phi) is 5.37. The number of fused-ring (bicyclic) bond motifs is 1. The predicted molar refractivity (Wildman–Crippen MR) is 128 cm³/mol. The highest BCUT2D eigenvalue weighted by atomic mass is 16.5. The molecule has 1 spiro atoms. The van der Waals surface area contributed by atoms with Crippen LogP contribution in [0.4, 0.5) is 11.4 Å². The summed E-state index contributed by atoms with van der Waals surface area (Å²) in [7, 11) is 1.70. The lowest BCUT2D eigenvalue weighted by atomic mass is 9.72. The smallest absolute Gasteiger partial charge is 0.127 e. The minimum absolute atomic E-state index is 0.140. The fourth-order valence-electron chi connectivity index (χ4n) is 4.93. The fraction of sp³-hybridized carbons (Fsp3) is 0.296. The van der Waals surface area contributed by atoms with Gasteiger partial charge in [-0.1, -0.05) is 54.6 Å². The normalized spacial score (nSPS) is 23.6. The maximum absolute atomic E-state index is 5.38. The molecule has 5 rings (SSSR count). The molecule has 1 saturated carbocycles. The number of hydrogen-bond acceptors (Lipinski definition) is 3. The van der Waals surface area contributed by atoms with Gasteiger partial charge in [-0.25, -0.2) is 0 Å². The Morgan fingerprint density at radius 2 is 1.65 bits per heavy atom. The Hall–Kier alpha value is -3.27. The van der Waals surface area contributed by atoms with Crippen molar-refractivity contribution >= 4 is 17.2 Å². The lowest BCUT2D eigenvalue weighted by Crippen LogP contribution is -2.54. The third kappa shape index (κ3) is 4.02. The number of anilines is 2. The Bertz CT molecular complexity index is 1070. The highest BCUT2D eigenvalue weighted by molar-refractivity contribution is 6.09. The number of para-hydroxylation sites is 2. The van der Waals surface area contributed by atoms with Gasteiger partial charge in [0.1, 0.15) is 11.6 Å². The van der Waals surface area contributed by atoms with Gasteiger partial charge in [-0.3, -0.25) is 4.99 Å². The van der Waals surface area contributed by atoms with Crippen LogP contribution in [0, 0.1) is 0 Å². The largest absolute Gasteiger partial charge is 0.497 e. The number of methoxy groups -OCH3 is 1. The van der Waals surface area contributed by atoms with E-state index in [-0.39, 0.29) is 5.54 Å². The number of benzene rings is 3. The summed E-state index contributed by atoms with van der Waals surface area (Å²) in [4.78, 5) is 5.09. The van der Waals surface area contributed by atoms with Crippen LogP contribution in [0.2, 0.25) is 0 Å². The summed E-state index contributed by atoms with van der Waals surface area (Å²) in [6.45, 7) is 0.632. The molecule has 31 heavy (non-hydrogen) atoms. The second-order valence-electron chi connectivity index (χ2n) is 8.58. The molecule has 2 aliphatic rings. The first-order valence-corrected chi connectivity index (χ1v) is 11.1. The van der Waals surface area contributed by atoms with Crippen LogP contribution in [0.25, 0.3) is 0 Å². The highest BCUT2D eigenvalue weighted by Gasteiger charge is 2.43. The van der Waals surface area contributed by atoms with Gasteiger partial charge in [0, 0.05) is 0 Å². The van der Waals surface area contributed by atoms with Crippen LogP contribution in [0.1, 0.15) is 42.7 Å². The van der Waals surface area contributed by atoms with Crippen molar-refractivity contribution in [1.82, 2.24) is 0 Å². The molecule has 4 heteroatoms. The van der Waals surface area contributed by atoms with E-state index in [4.69, 9.17) is 9.73 Å². The van der Waals surface area contributed by atoms with E-state index in [9.17, 15) is 0 Å². The molecule has 0 aromatic heterocycles. The Labute approximate surface area is 184 Å². The molecular formula is C27H29N3O. The number of nitrogens with one attached hydrogen (secondary N) is 2. The Morgan fingerprint density at radius 3 is 2.42 bits per heavy atom. The molecular weight excluding hydrogens is 382 g/mol. The molecule has 3 aromatic carbocycles. The average Bonchev–Trinajstić information content (AvgIpc) is 2.84. The van der Waals surface area contributed by atoms with Crippen molar-refractivity contribution in [2.45, 2.75) is 43.7 Å². The standard InChI is InChI=1S/C27H29N3O/c1-31-23-11-7-8-20(18-23)19-28-26-27(30-25-13-6-5-12-24(25)29-26)16-14-22(15-17-27)21-9-3-2-4-10-21/h2-13,18,22,30H,14-17,19H2,1H3,(H,28,29). The summed E-state index contributed by atoms with van der Waals surface area (Å²) in [6.07, 6.45) is 4.42. The molecule has 3 aromatic rings. The summed E-state index contributed by atoms with van der Waals surface area (Å²) in [5.74, 6) is 2.54. The molecule has 0 saturated heterocycles. The minimum Gasteiger partial charge on any atom is -0.497 e. The van der Waals surface area contributed by atoms with Gasteiger partial charge in [-0.15, -0.1) is 0 Å². The highest BCUT2D eigenvalue weighted by Crippen LogP contribution is 2.44. The number of aliphatic imine (C=N–C) groups is 1. The van der Waals surface area contributed by atoms with Crippen LogP contribution in [0.5, 0.6) is 5.75 Å². The molecule has 0 atom stereocenters. The molecule has 1 heterocycles. The molecule has 1 aliphatic carbocycles. The van der Waals surface area contributed by atoms with Gasteiger partial charge in [0.2, 0.25) is 0 Å². The van der Waals surface area contributed by atoms with E-state index in [2.05, 4.69) is 77.4 Å². The lowest BCUT2D eigenvalue weighted by molar-refractivity contribution is 0.363. The number of amidine groups is 1. The molecule has 1 aliphatic heterocycles. The van der Waals surface area contributed by atoms with E-state index in [1.54, 1.807) is 7.11 Å². The molecule has 2 N–H and O–H groups in total. The first-order chi connectivity index (χ1) is 15.3. The van der Waals surface area contributed by atoms with E-state index in [0.29, 0.717) is 12.5 Å². The van der Waals surface area contributed by atoms with Gasteiger partial charge >= 0.3 is 0 Å². The third-order valence-electron chi connectivity index (χ3n) is 6.67. The topological polar surface area (TPSA) is 45.6 Å². The van der Waals surface area contributed by atoms with E-state index in [0.717, 1.165) is 48.5 Å². The fourth-order valence-corrected chi connectivity index (χ4v) is 4.93. The average molecular weight is 412 g/mol. The van der Waals surface area contributed by atoms with E-state index < -0.39 is 0 Å². The molecule has 0 radical (unpaired) electrons. The summed E-state index contributed by atoms with van der Waals surface area (Å²) in [5.41, 5.74) is 4.74. The van der Waals surface area contributed by atoms with Crippen molar-refractivity contribution < 1.29 is 4.74 Å². The number of hydrogen-bond donors (Lipinski definition) is 2. The summed E-state index contributed by atoms with van der Waals surface area (Å²) in [5, 5.41) is 7.54. The lowest BCUT2D eigenvalue weighted by Gasteiger charge is -2.45. The molecule has 158 valence electrons. The van der Waals surface area contributed by atoms with Gasteiger partial charge in [0.05, 0.1) is 30.6 Å². The first kappa shape index (κ1) is 19.7. The molecule has 4 nitrogen and oxygen atoms in total. The third-order valence-corrected chi connectivity index (χ3v) is 6.67. The predicted octanol–water partition coefficient (Wildman–Crippen LogP) is 6.23. The van der Waals surface area contributed by atoms with Crippen LogP contribution < -0.4 is 15.4 Å². The van der Waals surface area contributed by atoms with E-state index in [1.807, 2.05) is 12.1 Å². The zero-order chi connectivity index (χ0) is 21.1. The van der Waals surface area contributed by atoms with Crippen molar-refractivity contribution in [3.05, 3.63) is 90.0 Å². The summed E-state index contributed by atoms with van der Waals surface area (Å²) in [6, 6.07) is 27.5. The maximum atomic E-state index is 5.38. The van der Waals surface area contributed by atoms with Gasteiger partial charge < -0.3 is 15.4 Å². The van der Waals surface area contributed by atoms with Crippen LogP contribution in [-0.2, 0) is 6.54 Å². The number of ether oxygens (including phenoxy) is 1. The van der Waals surface area contributed by atoms with E-state index in [1.165, 1.54) is 11.3 Å².